The molecule has 0 fully saturated rings. The number of pyridine rings is 1. The van der Waals surface area contributed by atoms with Crippen LogP contribution in [0.4, 0.5) is 11.4 Å². The second kappa shape index (κ2) is 7.47. The molecule has 2 aromatic rings. The lowest BCUT2D eigenvalue weighted by Gasteiger charge is -2.28. The standard InChI is InChI=1S/C19H17N3O6/c1-3-6-21-15-8-13(4-5-17(15)28-11-18(21)24)16(23)10-20-9-14(22(26)27)7-12(2)19(20)25/h3-5,7-9H,1,6,10-11H2,2H3. The van der Waals surface area contributed by atoms with Crippen molar-refractivity contribution in [1.29, 1.82) is 0 Å². The Morgan fingerprint density at radius 1 is 1.36 bits per heavy atom. The van der Waals surface area contributed by atoms with E-state index in [0.29, 0.717) is 11.4 Å². The van der Waals surface area contributed by atoms with Crippen molar-refractivity contribution in [2.45, 2.75) is 13.5 Å². The first-order chi connectivity index (χ1) is 13.3. The minimum Gasteiger partial charge on any atom is -0.482 e. The largest absolute Gasteiger partial charge is 0.482 e. The Labute approximate surface area is 159 Å². The van der Waals surface area contributed by atoms with E-state index in [2.05, 4.69) is 6.58 Å². The quantitative estimate of drug-likeness (QED) is 0.326. The summed E-state index contributed by atoms with van der Waals surface area (Å²) < 4.78 is 6.39. The molecule has 0 unspecified atom stereocenters. The van der Waals surface area contributed by atoms with Gasteiger partial charge in [-0.05, 0) is 25.1 Å². The molecule has 0 aliphatic carbocycles. The van der Waals surface area contributed by atoms with Crippen LogP contribution in [-0.4, -0.2) is 34.3 Å². The maximum atomic E-state index is 12.7. The molecule has 9 heteroatoms. The van der Waals surface area contributed by atoms with Crippen LogP contribution in [0.5, 0.6) is 5.75 Å². The van der Waals surface area contributed by atoms with Crippen molar-refractivity contribution >= 4 is 23.1 Å². The second-order valence-electron chi connectivity index (χ2n) is 6.26. The van der Waals surface area contributed by atoms with Gasteiger partial charge in [0.05, 0.1) is 23.4 Å². The fourth-order valence-corrected chi connectivity index (χ4v) is 2.93. The number of fused-ring (bicyclic) bond motifs is 1. The van der Waals surface area contributed by atoms with Crippen molar-refractivity contribution < 1.29 is 19.2 Å². The van der Waals surface area contributed by atoms with E-state index >= 15 is 0 Å². The van der Waals surface area contributed by atoms with E-state index in [1.165, 1.54) is 24.0 Å². The first kappa shape index (κ1) is 19.0. The summed E-state index contributed by atoms with van der Waals surface area (Å²) in [6.07, 6.45) is 2.61. The minimum atomic E-state index is -0.623. The van der Waals surface area contributed by atoms with E-state index in [0.717, 1.165) is 16.8 Å². The summed E-state index contributed by atoms with van der Waals surface area (Å²) in [7, 11) is 0. The molecule has 1 aromatic carbocycles. The van der Waals surface area contributed by atoms with E-state index in [1.54, 1.807) is 12.1 Å². The summed E-state index contributed by atoms with van der Waals surface area (Å²) in [5, 5.41) is 11.0. The average Bonchev–Trinajstić information content (AvgIpc) is 2.67. The molecule has 0 radical (unpaired) electrons. The first-order valence-corrected chi connectivity index (χ1v) is 8.38. The molecule has 0 bridgehead atoms. The molecule has 144 valence electrons. The van der Waals surface area contributed by atoms with Crippen molar-refractivity contribution in [2.75, 3.05) is 18.1 Å². The fourth-order valence-electron chi connectivity index (χ4n) is 2.93. The number of ether oxygens (including phenoxy) is 1. The highest BCUT2D eigenvalue weighted by Gasteiger charge is 2.26. The van der Waals surface area contributed by atoms with Gasteiger partial charge in [0.25, 0.3) is 17.2 Å². The number of benzene rings is 1. The van der Waals surface area contributed by atoms with Crippen molar-refractivity contribution in [2.24, 2.45) is 0 Å². The lowest BCUT2D eigenvalue weighted by atomic mass is 10.1. The van der Waals surface area contributed by atoms with Crippen molar-refractivity contribution in [3.05, 3.63) is 74.7 Å². The van der Waals surface area contributed by atoms with Crippen LogP contribution in [0.1, 0.15) is 15.9 Å². The molecular formula is C19H17N3O6. The Hall–Kier alpha value is -3.75. The monoisotopic (exact) mass is 383 g/mol. The molecule has 1 aromatic heterocycles. The predicted octanol–water partition coefficient (Wildman–Crippen LogP) is 1.86. The number of nitro groups is 1. The topological polar surface area (TPSA) is 112 Å². The SMILES string of the molecule is C=CCN1C(=O)COc2ccc(C(=O)Cn3cc([N+](=O)[O-])cc(C)c3=O)cc21. The molecule has 0 N–H and O–H groups in total. The van der Waals surface area contributed by atoms with Gasteiger partial charge in [0.2, 0.25) is 0 Å². The van der Waals surface area contributed by atoms with Crippen LogP contribution in [0.3, 0.4) is 0 Å². The number of aryl methyl sites for hydroxylation is 1. The number of hydrogen-bond donors (Lipinski definition) is 0. The number of hydrogen-bond acceptors (Lipinski definition) is 6. The van der Waals surface area contributed by atoms with Gasteiger partial charge in [-0.25, -0.2) is 0 Å². The average molecular weight is 383 g/mol. The van der Waals surface area contributed by atoms with Gasteiger partial charge >= 0.3 is 0 Å². The second-order valence-corrected chi connectivity index (χ2v) is 6.26. The molecule has 1 amide bonds. The molecule has 28 heavy (non-hydrogen) atoms. The molecule has 0 saturated heterocycles. The number of amides is 1. The number of nitrogens with zero attached hydrogens (tertiary/aromatic N) is 3. The predicted molar refractivity (Wildman–Crippen MR) is 101 cm³/mol. The summed E-state index contributed by atoms with van der Waals surface area (Å²) in [5.74, 6) is -0.231. The molecule has 2 heterocycles. The van der Waals surface area contributed by atoms with E-state index in [9.17, 15) is 24.5 Å². The number of carbonyl (C=O) groups excluding carboxylic acids is 2. The Bertz CT molecular complexity index is 1060. The van der Waals surface area contributed by atoms with E-state index < -0.39 is 16.3 Å². The normalized spacial score (nSPS) is 12.9. The Morgan fingerprint density at radius 2 is 2.11 bits per heavy atom. The first-order valence-electron chi connectivity index (χ1n) is 8.38. The lowest BCUT2D eigenvalue weighted by Crippen LogP contribution is -2.39. The number of carbonyl (C=O) groups is 2. The molecule has 0 saturated carbocycles. The zero-order valence-corrected chi connectivity index (χ0v) is 15.1. The van der Waals surface area contributed by atoms with E-state index in [-0.39, 0.29) is 42.4 Å². The van der Waals surface area contributed by atoms with E-state index in [1.807, 2.05) is 0 Å². The zero-order valence-electron chi connectivity index (χ0n) is 15.1. The fraction of sp³-hybridized carbons (Fsp3) is 0.211. The Morgan fingerprint density at radius 3 is 2.79 bits per heavy atom. The van der Waals surface area contributed by atoms with Crippen LogP contribution in [0.15, 0.2) is 47.9 Å². The summed E-state index contributed by atoms with van der Waals surface area (Å²) in [5.41, 5.74) is 0.102. The third-order valence-corrected chi connectivity index (χ3v) is 4.31. The number of anilines is 1. The molecule has 0 spiro atoms. The van der Waals surface area contributed by atoms with Gasteiger partial charge in [-0.2, -0.15) is 0 Å². The van der Waals surface area contributed by atoms with Crippen LogP contribution in [0, 0.1) is 17.0 Å². The van der Waals surface area contributed by atoms with Crippen molar-refractivity contribution in [1.82, 2.24) is 4.57 Å². The third kappa shape index (κ3) is 3.54. The third-order valence-electron chi connectivity index (χ3n) is 4.31. The summed E-state index contributed by atoms with van der Waals surface area (Å²) in [6.45, 7) is 4.87. The van der Waals surface area contributed by atoms with Gasteiger partial charge in [-0.1, -0.05) is 6.08 Å². The molecule has 9 nitrogen and oxygen atoms in total. The maximum absolute atomic E-state index is 12.7. The zero-order chi connectivity index (χ0) is 20.4. The minimum absolute atomic E-state index is 0.101. The van der Waals surface area contributed by atoms with Crippen LogP contribution in [0.25, 0.3) is 0 Å². The number of ketones is 1. The van der Waals surface area contributed by atoms with Crippen LogP contribution in [-0.2, 0) is 11.3 Å². The Balaban J connectivity index is 1.95. The van der Waals surface area contributed by atoms with Crippen molar-refractivity contribution in [3.8, 4) is 5.75 Å². The molecule has 3 rings (SSSR count). The van der Waals surface area contributed by atoms with Crippen LogP contribution < -0.4 is 15.2 Å². The van der Waals surface area contributed by atoms with Gasteiger partial charge in [-0.3, -0.25) is 24.5 Å². The number of rotatable bonds is 6. The summed E-state index contributed by atoms with van der Waals surface area (Å²) in [6, 6.07) is 5.77. The molecule has 1 aliphatic rings. The highest BCUT2D eigenvalue weighted by Crippen LogP contribution is 2.33. The van der Waals surface area contributed by atoms with E-state index in [4.69, 9.17) is 4.74 Å². The summed E-state index contributed by atoms with van der Waals surface area (Å²) in [4.78, 5) is 48.8. The highest BCUT2D eigenvalue weighted by atomic mass is 16.6. The Kier molecular flexibility index (Phi) is 5.08. The number of aromatic nitrogens is 1. The van der Waals surface area contributed by atoms with Crippen molar-refractivity contribution in [3.63, 3.8) is 0 Å². The smallest absolute Gasteiger partial charge is 0.286 e. The lowest BCUT2D eigenvalue weighted by molar-refractivity contribution is -0.385. The van der Waals surface area contributed by atoms with Crippen LogP contribution in [0.2, 0.25) is 0 Å². The van der Waals surface area contributed by atoms with Gasteiger partial charge in [0.15, 0.2) is 12.4 Å². The molecular weight excluding hydrogens is 366 g/mol. The van der Waals surface area contributed by atoms with Crippen LogP contribution >= 0.6 is 0 Å². The summed E-state index contributed by atoms with van der Waals surface area (Å²) >= 11 is 0. The molecule has 1 aliphatic heterocycles. The van der Waals surface area contributed by atoms with Gasteiger partial charge in [0, 0.05) is 23.7 Å². The number of Topliss-reactive ketones (excluding diaryl/α,β-unsaturated/α-hetero) is 1. The van der Waals surface area contributed by atoms with Gasteiger partial charge in [0.1, 0.15) is 5.75 Å². The highest BCUT2D eigenvalue weighted by molar-refractivity contribution is 6.02. The maximum Gasteiger partial charge on any atom is 0.286 e. The van der Waals surface area contributed by atoms with Gasteiger partial charge < -0.3 is 14.2 Å². The van der Waals surface area contributed by atoms with Gasteiger partial charge in [-0.15, -0.1) is 6.58 Å². The molecule has 0 atom stereocenters.